The fourth-order valence-corrected chi connectivity index (χ4v) is 6.45. The molecule has 3 heterocycles. The summed E-state index contributed by atoms with van der Waals surface area (Å²) in [6.07, 6.45) is 3.97. The number of likely N-dealkylation sites (tertiary alicyclic amines) is 2. The van der Waals surface area contributed by atoms with E-state index in [-0.39, 0.29) is 11.9 Å². The van der Waals surface area contributed by atoms with Crippen LogP contribution in [0, 0.1) is 24.7 Å². The van der Waals surface area contributed by atoms with E-state index in [2.05, 4.69) is 100 Å². The van der Waals surface area contributed by atoms with Gasteiger partial charge in [-0.05, 0) is 82.8 Å². The number of hydrogen-bond acceptors (Lipinski definition) is 7. The van der Waals surface area contributed by atoms with E-state index in [0.29, 0.717) is 24.1 Å². The van der Waals surface area contributed by atoms with Gasteiger partial charge in [0.15, 0.2) is 0 Å². The molecule has 0 spiro atoms. The molecule has 1 saturated carbocycles. The number of benzene rings is 2. The molecule has 6 rings (SSSR count). The number of carbonyl (C=O) groups excluding carboxylic acids is 1. The van der Waals surface area contributed by atoms with E-state index in [1.165, 1.54) is 43.6 Å². The summed E-state index contributed by atoms with van der Waals surface area (Å²) in [5, 5.41) is 15.0. The summed E-state index contributed by atoms with van der Waals surface area (Å²) in [6.45, 7) is 18.0. The summed E-state index contributed by atoms with van der Waals surface area (Å²) >= 11 is 0. The summed E-state index contributed by atoms with van der Waals surface area (Å²) in [6, 6.07) is 23.4. The SMILES string of the molecule is C/C(=N/NCc1ccccc1)C(C)CN1CCC(C)C1.CNC.Cc1cc(C(=O)NC2CN(C3CC3)CC2C)n(Cc2ccccc2)n1. The molecule has 1 aromatic heterocycles. The van der Waals surface area contributed by atoms with Crippen molar-refractivity contribution < 1.29 is 4.79 Å². The maximum atomic E-state index is 12.9. The van der Waals surface area contributed by atoms with E-state index in [1.54, 1.807) is 0 Å². The maximum absolute atomic E-state index is 12.9. The number of nitrogens with one attached hydrogen (secondary N) is 3. The lowest BCUT2D eigenvalue weighted by Crippen LogP contribution is -2.40. The van der Waals surface area contributed by atoms with Crippen molar-refractivity contribution in [3.8, 4) is 0 Å². The van der Waals surface area contributed by atoms with Gasteiger partial charge in [0.2, 0.25) is 0 Å². The molecule has 2 saturated heterocycles. The predicted molar refractivity (Wildman–Crippen MR) is 198 cm³/mol. The third kappa shape index (κ3) is 11.9. The Morgan fingerprint density at radius 1 is 0.958 bits per heavy atom. The van der Waals surface area contributed by atoms with Gasteiger partial charge in [0.05, 0.1) is 18.8 Å². The highest BCUT2D eigenvalue weighted by atomic mass is 16.2. The van der Waals surface area contributed by atoms with Gasteiger partial charge in [0.1, 0.15) is 5.69 Å². The smallest absolute Gasteiger partial charge is 0.269 e. The third-order valence-electron chi connectivity index (χ3n) is 9.46. The van der Waals surface area contributed by atoms with Crippen LogP contribution in [0.3, 0.4) is 0 Å². The zero-order chi connectivity index (χ0) is 34.5. The Balaban J connectivity index is 0.000000205. The van der Waals surface area contributed by atoms with Gasteiger partial charge in [-0.1, -0.05) is 81.4 Å². The maximum Gasteiger partial charge on any atom is 0.269 e. The van der Waals surface area contributed by atoms with Crippen molar-refractivity contribution in [3.63, 3.8) is 0 Å². The average Bonchev–Trinajstić information content (AvgIpc) is 3.60. The Morgan fingerprint density at radius 2 is 1.60 bits per heavy atom. The molecule has 1 amide bonds. The second-order valence-corrected chi connectivity index (χ2v) is 14.2. The van der Waals surface area contributed by atoms with Gasteiger partial charge in [-0.15, -0.1) is 0 Å². The van der Waals surface area contributed by atoms with Crippen molar-refractivity contribution in [1.82, 2.24) is 35.6 Å². The largest absolute Gasteiger partial charge is 0.346 e. The standard InChI is InChI=1S/C20H26N4O.C17H27N3.C2H7N/c1-14-11-23(17-8-9-17)13-18(14)21-20(25)19-10-15(2)22-24(19)12-16-6-4-3-5-7-16;1-14-9-10-20(12-14)13-15(2)16(3)19-18-11-17-7-5-4-6-8-17;1-3-2/h3-7,10,14,17-18H,8-9,11-13H2,1-2H3,(H,21,25);4-8,14-15,18H,9-13H2,1-3H3;3H,1-2H3/b;19-16-;. The molecule has 2 aromatic carbocycles. The van der Waals surface area contributed by atoms with E-state index in [1.807, 2.05) is 56.0 Å². The first-order valence-corrected chi connectivity index (χ1v) is 17.9. The number of nitrogens with zero attached hydrogens (tertiary/aromatic N) is 5. The summed E-state index contributed by atoms with van der Waals surface area (Å²) in [5.74, 6) is 1.86. The van der Waals surface area contributed by atoms with Crippen LogP contribution in [0.2, 0.25) is 0 Å². The second-order valence-electron chi connectivity index (χ2n) is 14.2. The molecular weight excluding hydrogens is 596 g/mol. The van der Waals surface area contributed by atoms with Gasteiger partial charge >= 0.3 is 0 Å². The second kappa shape index (κ2) is 18.9. The Morgan fingerprint density at radius 3 is 2.21 bits per heavy atom. The van der Waals surface area contributed by atoms with Crippen molar-refractivity contribution in [3.05, 3.63) is 89.2 Å². The normalized spacial score (nSPS) is 21.9. The Bertz CT molecular complexity index is 1400. The van der Waals surface area contributed by atoms with Gasteiger partial charge in [-0.3, -0.25) is 14.4 Å². The van der Waals surface area contributed by atoms with Crippen LogP contribution >= 0.6 is 0 Å². The van der Waals surface area contributed by atoms with Crippen LogP contribution in [0.15, 0.2) is 71.8 Å². The van der Waals surface area contributed by atoms with E-state index >= 15 is 0 Å². The van der Waals surface area contributed by atoms with E-state index in [0.717, 1.165) is 49.4 Å². The summed E-state index contributed by atoms with van der Waals surface area (Å²) in [7, 11) is 3.75. The van der Waals surface area contributed by atoms with E-state index in [9.17, 15) is 4.79 Å². The molecule has 1 aliphatic carbocycles. The van der Waals surface area contributed by atoms with Crippen LogP contribution in [0.5, 0.6) is 0 Å². The molecule has 262 valence electrons. The minimum absolute atomic E-state index is 0.00831. The number of aromatic nitrogens is 2. The first-order valence-electron chi connectivity index (χ1n) is 17.9. The number of amides is 1. The lowest BCUT2D eigenvalue weighted by molar-refractivity contribution is 0.0920. The first-order chi connectivity index (χ1) is 23.2. The molecule has 3 N–H and O–H groups in total. The van der Waals surface area contributed by atoms with Gasteiger partial charge in [-0.25, -0.2) is 0 Å². The van der Waals surface area contributed by atoms with Crippen LogP contribution in [0.25, 0.3) is 0 Å². The predicted octanol–water partition coefficient (Wildman–Crippen LogP) is 5.42. The van der Waals surface area contributed by atoms with Crippen LogP contribution < -0.4 is 16.1 Å². The topological polar surface area (TPSA) is 89.8 Å². The number of hydrogen-bond donors (Lipinski definition) is 3. The molecule has 0 bridgehead atoms. The minimum Gasteiger partial charge on any atom is -0.346 e. The monoisotopic (exact) mass is 656 g/mol. The van der Waals surface area contributed by atoms with Crippen LogP contribution in [-0.4, -0.2) is 90.1 Å². The molecule has 3 aliphatic rings. The zero-order valence-corrected chi connectivity index (χ0v) is 30.5. The van der Waals surface area contributed by atoms with Crippen LogP contribution in [-0.2, 0) is 13.1 Å². The molecule has 4 unspecified atom stereocenters. The lowest BCUT2D eigenvalue weighted by atomic mass is 10.1. The van der Waals surface area contributed by atoms with Gasteiger partial charge < -0.3 is 21.0 Å². The summed E-state index contributed by atoms with van der Waals surface area (Å²) < 4.78 is 1.82. The van der Waals surface area contributed by atoms with Gasteiger partial charge in [-0.2, -0.15) is 10.2 Å². The van der Waals surface area contributed by atoms with Crippen molar-refractivity contribution in [2.24, 2.45) is 22.9 Å². The van der Waals surface area contributed by atoms with Crippen molar-refractivity contribution >= 4 is 11.6 Å². The Kier molecular flexibility index (Phi) is 14.7. The zero-order valence-electron chi connectivity index (χ0n) is 30.5. The highest BCUT2D eigenvalue weighted by molar-refractivity contribution is 5.93. The Labute approximate surface area is 289 Å². The molecular formula is C39H60N8O. The van der Waals surface area contributed by atoms with Crippen molar-refractivity contribution in [2.75, 3.05) is 46.8 Å². The highest BCUT2D eigenvalue weighted by Gasteiger charge is 2.39. The number of carbonyl (C=O) groups is 1. The Hall–Kier alpha value is -3.53. The molecule has 3 fully saturated rings. The number of rotatable bonds is 11. The summed E-state index contributed by atoms with van der Waals surface area (Å²) in [4.78, 5) is 18.0. The molecule has 0 radical (unpaired) electrons. The summed E-state index contributed by atoms with van der Waals surface area (Å²) in [5.41, 5.74) is 8.32. The highest BCUT2D eigenvalue weighted by Crippen LogP contribution is 2.31. The van der Waals surface area contributed by atoms with E-state index in [4.69, 9.17) is 0 Å². The molecule has 9 heteroatoms. The van der Waals surface area contributed by atoms with E-state index < -0.39 is 0 Å². The molecule has 9 nitrogen and oxygen atoms in total. The van der Waals surface area contributed by atoms with Gasteiger partial charge in [0.25, 0.3) is 5.91 Å². The third-order valence-corrected chi connectivity index (χ3v) is 9.46. The molecule has 48 heavy (non-hydrogen) atoms. The van der Waals surface area contributed by atoms with Gasteiger partial charge in [0, 0.05) is 49.9 Å². The van der Waals surface area contributed by atoms with Crippen molar-refractivity contribution in [2.45, 2.75) is 79.1 Å². The van der Waals surface area contributed by atoms with Crippen molar-refractivity contribution in [1.29, 1.82) is 0 Å². The van der Waals surface area contributed by atoms with Crippen LogP contribution in [0.1, 0.15) is 74.3 Å². The average molecular weight is 657 g/mol. The molecule has 3 aromatic rings. The number of hydrazone groups is 1. The molecule has 4 atom stereocenters. The molecule has 2 aliphatic heterocycles. The fourth-order valence-electron chi connectivity index (χ4n) is 6.45. The lowest BCUT2D eigenvalue weighted by Gasteiger charge is -2.20. The quantitative estimate of drug-likeness (QED) is 0.189. The van der Waals surface area contributed by atoms with Crippen LogP contribution in [0.4, 0.5) is 0 Å². The number of aryl methyl sites for hydroxylation is 1. The fraction of sp³-hybridized carbons (Fsp3) is 0.564. The minimum atomic E-state index is -0.00831. The first kappa shape index (κ1) is 37.3.